The van der Waals surface area contributed by atoms with Gasteiger partial charge in [0.25, 0.3) is 0 Å². The third-order valence-electron chi connectivity index (χ3n) is 6.59. The average Bonchev–Trinajstić information content (AvgIpc) is 3.31. The van der Waals surface area contributed by atoms with Crippen LogP contribution in [0.2, 0.25) is 0 Å². The number of anilines is 1. The van der Waals surface area contributed by atoms with Gasteiger partial charge in [0.05, 0.1) is 24.0 Å². The van der Waals surface area contributed by atoms with E-state index in [4.69, 9.17) is 4.74 Å². The SMILES string of the molecule is O=C(N[C@]1(c2ccccc2)CCN(c2cncc3nccn23)C[C@H]1O)C1CCOCC1. The summed E-state index contributed by atoms with van der Waals surface area (Å²) in [6.45, 7) is 2.25. The van der Waals surface area contributed by atoms with Crippen LogP contribution in [0.3, 0.4) is 0 Å². The first kappa shape index (κ1) is 20.0. The molecule has 8 nitrogen and oxygen atoms in total. The lowest BCUT2D eigenvalue weighted by molar-refractivity contribution is -0.132. The normalized spacial score (nSPS) is 24.9. The van der Waals surface area contributed by atoms with Crippen LogP contribution in [0.5, 0.6) is 0 Å². The van der Waals surface area contributed by atoms with Crippen LogP contribution in [-0.4, -0.2) is 57.8 Å². The monoisotopic (exact) mass is 421 g/mol. The molecule has 2 N–H and O–H groups in total. The highest BCUT2D eigenvalue weighted by Gasteiger charge is 2.46. The maximum absolute atomic E-state index is 13.2. The number of carbonyl (C=O) groups excluding carboxylic acids is 1. The maximum Gasteiger partial charge on any atom is 0.224 e. The standard InChI is InChI=1S/C23H27N5O3/c29-19-16-27(21-15-24-14-20-25-9-11-28(20)21)10-8-23(19,18-4-2-1-3-5-18)26-22(30)17-6-12-31-13-7-17/h1-5,9,11,14-15,17,19,29H,6-8,10,12-13,16H2,(H,26,30)/t19-,23+/m1/s1. The van der Waals surface area contributed by atoms with E-state index in [1.54, 1.807) is 18.6 Å². The molecule has 5 rings (SSSR count). The lowest BCUT2D eigenvalue weighted by Crippen LogP contribution is -2.63. The molecule has 0 saturated carbocycles. The minimum Gasteiger partial charge on any atom is -0.388 e. The summed E-state index contributed by atoms with van der Waals surface area (Å²) in [5.41, 5.74) is 0.866. The number of rotatable bonds is 4. The molecule has 0 unspecified atom stereocenters. The Hall–Kier alpha value is -2.97. The van der Waals surface area contributed by atoms with Crippen LogP contribution in [0.1, 0.15) is 24.8 Å². The second kappa shape index (κ2) is 8.28. The highest BCUT2D eigenvalue weighted by atomic mass is 16.5. The molecular weight excluding hydrogens is 394 g/mol. The van der Waals surface area contributed by atoms with Crippen LogP contribution in [0.4, 0.5) is 5.82 Å². The topological polar surface area (TPSA) is 92.0 Å². The van der Waals surface area contributed by atoms with E-state index < -0.39 is 11.6 Å². The number of amides is 1. The van der Waals surface area contributed by atoms with Crippen LogP contribution in [0.25, 0.3) is 5.65 Å². The van der Waals surface area contributed by atoms with E-state index in [-0.39, 0.29) is 11.8 Å². The van der Waals surface area contributed by atoms with Gasteiger partial charge in [-0.2, -0.15) is 0 Å². The number of aromatic nitrogens is 3. The van der Waals surface area contributed by atoms with Crippen LogP contribution < -0.4 is 10.2 Å². The molecule has 1 amide bonds. The zero-order chi connectivity index (χ0) is 21.3. The van der Waals surface area contributed by atoms with Gasteiger partial charge < -0.3 is 20.1 Å². The Morgan fingerprint density at radius 2 is 2.00 bits per heavy atom. The number of piperidine rings is 1. The minimum absolute atomic E-state index is 0.00182. The third-order valence-corrected chi connectivity index (χ3v) is 6.59. The van der Waals surface area contributed by atoms with Crippen LogP contribution >= 0.6 is 0 Å². The molecule has 0 bridgehead atoms. The minimum atomic E-state index is -0.830. The predicted molar refractivity (Wildman–Crippen MR) is 116 cm³/mol. The number of ether oxygens (including phenoxy) is 1. The summed E-state index contributed by atoms with van der Waals surface area (Å²) in [6, 6.07) is 9.83. The number of nitrogens with one attached hydrogen (secondary N) is 1. The molecule has 8 heteroatoms. The average molecular weight is 422 g/mol. The number of aliphatic hydroxyl groups is 1. The molecule has 31 heavy (non-hydrogen) atoms. The van der Waals surface area contributed by atoms with Gasteiger partial charge in [0.2, 0.25) is 5.91 Å². The van der Waals surface area contributed by atoms with E-state index in [0.717, 1.165) is 17.0 Å². The Labute approximate surface area is 180 Å². The second-order valence-electron chi connectivity index (χ2n) is 8.35. The van der Waals surface area contributed by atoms with Gasteiger partial charge in [-0.05, 0) is 24.8 Å². The van der Waals surface area contributed by atoms with Gasteiger partial charge in [0.15, 0.2) is 5.65 Å². The van der Waals surface area contributed by atoms with Crippen LogP contribution in [0.15, 0.2) is 55.1 Å². The molecule has 2 saturated heterocycles. The summed E-state index contributed by atoms with van der Waals surface area (Å²) in [5.74, 6) is 0.799. The summed E-state index contributed by atoms with van der Waals surface area (Å²) in [7, 11) is 0. The number of hydrogen-bond donors (Lipinski definition) is 2. The van der Waals surface area contributed by atoms with Gasteiger partial charge >= 0.3 is 0 Å². The first-order valence-electron chi connectivity index (χ1n) is 10.8. The summed E-state index contributed by atoms with van der Waals surface area (Å²) >= 11 is 0. The lowest BCUT2D eigenvalue weighted by Gasteiger charge is -2.47. The fourth-order valence-electron chi connectivity index (χ4n) is 4.78. The van der Waals surface area contributed by atoms with Gasteiger partial charge in [-0.1, -0.05) is 30.3 Å². The Kier molecular flexibility index (Phi) is 5.33. The Balaban J connectivity index is 1.44. The maximum atomic E-state index is 13.2. The van der Waals surface area contributed by atoms with Crippen LogP contribution in [0, 0.1) is 5.92 Å². The molecular formula is C23H27N5O3. The van der Waals surface area contributed by atoms with Crippen molar-refractivity contribution < 1.29 is 14.6 Å². The van der Waals surface area contributed by atoms with Crippen molar-refractivity contribution in [2.45, 2.75) is 30.9 Å². The van der Waals surface area contributed by atoms with Crippen molar-refractivity contribution in [3.63, 3.8) is 0 Å². The zero-order valence-electron chi connectivity index (χ0n) is 17.4. The van der Waals surface area contributed by atoms with Crippen molar-refractivity contribution in [3.8, 4) is 0 Å². The van der Waals surface area contributed by atoms with Crippen molar-refractivity contribution in [2.75, 3.05) is 31.2 Å². The Morgan fingerprint density at radius 3 is 2.77 bits per heavy atom. The Bertz CT molecular complexity index is 1050. The third kappa shape index (κ3) is 3.66. The molecule has 0 aliphatic carbocycles. The summed E-state index contributed by atoms with van der Waals surface area (Å²) in [6.07, 6.45) is 8.36. The van der Waals surface area contributed by atoms with Gasteiger partial charge in [0, 0.05) is 44.6 Å². The fraction of sp³-hybridized carbons (Fsp3) is 0.435. The van der Waals surface area contributed by atoms with Crippen molar-refractivity contribution in [3.05, 3.63) is 60.7 Å². The number of nitrogens with zero attached hydrogens (tertiary/aromatic N) is 4. The summed E-state index contributed by atoms with van der Waals surface area (Å²) in [4.78, 5) is 23.9. The number of aliphatic hydroxyl groups excluding tert-OH is 1. The molecule has 2 atom stereocenters. The molecule has 3 aromatic rings. The van der Waals surface area contributed by atoms with Gasteiger partial charge in [-0.3, -0.25) is 14.2 Å². The van der Waals surface area contributed by atoms with Gasteiger partial charge in [-0.25, -0.2) is 4.98 Å². The second-order valence-corrected chi connectivity index (χ2v) is 8.35. The van der Waals surface area contributed by atoms with E-state index in [9.17, 15) is 9.90 Å². The number of hydrogen-bond acceptors (Lipinski definition) is 6. The molecule has 4 heterocycles. The van der Waals surface area contributed by atoms with Crippen molar-refractivity contribution in [1.82, 2.24) is 19.7 Å². The zero-order valence-corrected chi connectivity index (χ0v) is 17.4. The summed E-state index contributed by atoms with van der Waals surface area (Å²) < 4.78 is 7.38. The van der Waals surface area contributed by atoms with E-state index in [1.807, 2.05) is 40.9 Å². The number of carbonyl (C=O) groups is 1. The molecule has 1 aromatic carbocycles. The molecule has 0 radical (unpaired) electrons. The molecule has 2 aliphatic heterocycles. The van der Waals surface area contributed by atoms with Crippen molar-refractivity contribution in [1.29, 1.82) is 0 Å². The molecule has 162 valence electrons. The first-order chi connectivity index (χ1) is 15.2. The van der Waals surface area contributed by atoms with E-state index in [2.05, 4.69) is 20.2 Å². The molecule has 2 aromatic heterocycles. The smallest absolute Gasteiger partial charge is 0.224 e. The summed E-state index contributed by atoms with van der Waals surface area (Å²) in [5, 5.41) is 14.7. The molecule has 2 aliphatic rings. The highest BCUT2D eigenvalue weighted by Crippen LogP contribution is 2.36. The predicted octanol–water partition coefficient (Wildman–Crippen LogP) is 1.74. The largest absolute Gasteiger partial charge is 0.388 e. The Morgan fingerprint density at radius 1 is 1.19 bits per heavy atom. The number of β-amino-alcohol motifs (C(OH)–C–C–N with tert-alkyl or cyclic N) is 1. The molecule has 2 fully saturated rings. The van der Waals surface area contributed by atoms with E-state index in [0.29, 0.717) is 45.6 Å². The van der Waals surface area contributed by atoms with Crippen LogP contribution in [-0.2, 0) is 15.1 Å². The quantitative estimate of drug-likeness (QED) is 0.667. The van der Waals surface area contributed by atoms with Gasteiger partial charge in [-0.15, -0.1) is 0 Å². The van der Waals surface area contributed by atoms with Crippen molar-refractivity contribution >= 4 is 17.4 Å². The fourth-order valence-corrected chi connectivity index (χ4v) is 4.78. The number of imidazole rings is 1. The van der Waals surface area contributed by atoms with E-state index >= 15 is 0 Å². The van der Waals surface area contributed by atoms with Gasteiger partial charge in [0.1, 0.15) is 5.82 Å². The molecule has 0 spiro atoms. The highest BCUT2D eigenvalue weighted by molar-refractivity contribution is 5.80. The number of benzene rings is 1. The lowest BCUT2D eigenvalue weighted by atomic mass is 9.78. The first-order valence-corrected chi connectivity index (χ1v) is 10.8. The van der Waals surface area contributed by atoms with E-state index in [1.165, 1.54) is 0 Å². The van der Waals surface area contributed by atoms with Crippen molar-refractivity contribution in [2.24, 2.45) is 5.92 Å². The number of fused-ring (bicyclic) bond motifs is 1.